The number of thiazole rings is 1. The number of hydrogen-bond acceptors (Lipinski definition) is 5. The van der Waals surface area contributed by atoms with E-state index in [1.54, 1.807) is 11.3 Å². The van der Waals surface area contributed by atoms with Crippen LogP contribution in [0.25, 0.3) is 10.2 Å². The van der Waals surface area contributed by atoms with Crippen LogP contribution >= 0.6 is 23.1 Å². The molecule has 0 fully saturated rings. The first kappa shape index (κ1) is 14.0. The number of thioether (sulfide) groups is 1. The van der Waals surface area contributed by atoms with E-state index in [4.69, 9.17) is 0 Å². The Kier molecular flexibility index (Phi) is 5.78. The van der Waals surface area contributed by atoms with Crippen molar-refractivity contribution in [3.8, 4) is 0 Å². The summed E-state index contributed by atoms with van der Waals surface area (Å²) in [5, 5.41) is 10.2. The van der Waals surface area contributed by atoms with Gasteiger partial charge in [-0.2, -0.15) is 0 Å². The molecule has 6 heteroatoms. The van der Waals surface area contributed by atoms with Crippen LogP contribution in [0.1, 0.15) is 6.42 Å². The Labute approximate surface area is 124 Å². The standard InChI is InChI=1S/C10H9NO2S2.Na/c12-9(13)5-6-14-10-11-7-3-1-2-4-8(7)15-10;/h1-4H,5-6H2,(H,12,13);/q;+1/p-1. The molecule has 0 N–H and O–H groups in total. The van der Waals surface area contributed by atoms with Crippen molar-refractivity contribution in [2.24, 2.45) is 0 Å². The Morgan fingerprint density at radius 2 is 2.19 bits per heavy atom. The van der Waals surface area contributed by atoms with E-state index in [1.165, 1.54) is 11.8 Å². The monoisotopic (exact) mass is 261 g/mol. The predicted octanol–water partition coefficient (Wildman–Crippen LogP) is -1.47. The Hall–Kier alpha value is -0.0700. The number of fused-ring (bicyclic) bond motifs is 1. The molecular formula is C10H8NNaO2S2. The van der Waals surface area contributed by atoms with Gasteiger partial charge in [-0.1, -0.05) is 23.9 Å². The summed E-state index contributed by atoms with van der Waals surface area (Å²) in [6, 6.07) is 7.87. The van der Waals surface area contributed by atoms with Crippen LogP contribution in [-0.4, -0.2) is 16.7 Å². The van der Waals surface area contributed by atoms with Gasteiger partial charge in [0, 0.05) is 11.7 Å². The van der Waals surface area contributed by atoms with Crippen LogP contribution in [0.15, 0.2) is 28.6 Å². The van der Waals surface area contributed by atoms with Crippen molar-refractivity contribution in [2.45, 2.75) is 10.8 Å². The Balaban J connectivity index is 0.00000128. The van der Waals surface area contributed by atoms with Crippen molar-refractivity contribution in [3.05, 3.63) is 24.3 Å². The van der Waals surface area contributed by atoms with Crippen molar-refractivity contribution in [2.75, 3.05) is 5.75 Å². The third kappa shape index (κ3) is 3.75. The maximum Gasteiger partial charge on any atom is 1.00 e. The van der Waals surface area contributed by atoms with Crippen LogP contribution in [0, 0.1) is 0 Å². The van der Waals surface area contributed by atoms with E-state index < -0.39 is 5.97 Å². The molecule has 0 radical (unpaired) electrons. The van der Waals surface area contributed by atoms with E-state index in [2.05, 4.69) is 4.98 Å². The molecule has 0 aliphatic rings. The minimum atomic E-state index is -1.01. The topological polar surface area (TPSA) is 53.0 Å². The molecule has 0 atom stereocenters. The smallest absolute Gasteiger partial charge is 0.550 e. The number of hydrogen-bond donors (Lipinski definition) is 0. The van der Waals surface area contributed by atoms with Crippen LogP contribution in [0.2, 0.25) is 0 Å². The zero-order valence-electron chi connectivity index (χ0n) is 8.80. The maximum atomic E-state index is 10.2. The van der Waals surface area contributed by atoms with E-state index in [0.717, 1.165) is 14.6 Å². The molecule has 0 bridgehead atoms. The average molecular weight is 261 g/mol. The van der Waals surface area contributed by atoms with E-state index >= 15 is 0 Å². The molecule has 2 rings (SSSR count). The number of rotatable bonds is 4. The first-order valence-corrected chi connectivity index (χ1v) is 6.24. The van der Waals surface area contributed by atoms with Gasteiger partial charge in [0.05, 0.1) is 10.2 Å². The van der Waals surface area contributed by atoms with Crippen molar-refractivity contribution >= 4 is 39.3 Å². The van der Waals surface area contributed by atoms with Crippen LogP contribution in [-0.2, 0) is 4.79 Å². The zero-order valence-corrected chi connectivity index (χ0v) is 12.4. The van der Waals surface area contributed by atoms with Gasteiger partial charge in [-0.3, -0.25) is 0 Å². The van der Waals surface area contributed by atoms with Crippen molar-refractivity contribution in [3.63, 3.8) is 0 Å². The number of para-hydroxylation sites is 1. The molecule has 1 aromatic heterocycles. The van der Waals surface area contributed by atoms with Gasteiger partial charge >= 0.3 is 29.6 Å². The SMILES string of the molecule is O=C([O-])CCSc1nc2ccccc2s1.[Na+]. The molecule has 78 valence electrons. The van der Waals surface area contributed by atoms with Gasteiger partial charge in [0.15, 0.2) is 4.34 Å². The van der Waals surface area contributed by atoms with Gasteiger partial charge in [0.2, 0.25) is 0 Å². The van der Waals surface area contributed by atoms with Gasteiger partial charge in [0.1, 0.15) is 0 Å². The molecule has 0 aliphatic carbocycles. The zero-order chi connectivity index (χ0) is 10.7. The quantitative estimate of drug-likeness (QED) is 0.498. The Bertz CT molecular complexity index is 453. The number of carbonyl (C=O) groups is 1. The number of benzene rings is 1. The normalized spacial score (nSPS) is 10.0. The van der Waals surface area contributed by atoms with Crippen molar-refractivity contribution < 1.29 is 39.5 Å². The number of nitrogens with zero attached hydrogens (tertiary/aromatic N) is 1. The van der Waals surface area contributed by atoms with Crippen LogP contribution in [0.3, 0.4) is 0 Å². The number of carboxylic acids is 1. The largest absolute Gasteiger partial charge is 1.00 e. The molecule has 0 aliphatic heterocycles. The average Bonchev–Trinajstić information content (AvgIpc) is 2.59. The molecule has 0 saturated carbocycles. The molecule has 0 spiro atoms. The van der Waals surface area contributed by atoms with Gasteiger partial charge in [-0.05, 0) is 18.6 Å². The molecule has 1 aromatic carbocycles. The molecule has 2 aromatic rings. The second kappa shape index (κ2) is 6.61. The number of carbonyl (C=O) groups excluding carboxylic acids is 1. The van der Waals surface area contributed by atoms with E-state index in [1.807, 2.05) is 24.3 Å². The van der Waals surface area contributed by atoms with Gasteiger partial charge in [-0.25, -0.2) is 4.98 Å². The van der Waals surface area contributed by atoms with Gasteiger partial charge < -0.3 is 9.90 Å². The summed E-state index contributed by atoms with van der Waals surface area (Å²) in [6.45, 7) is 0. The first-order chi connectivity index (χ1) is 7.25. The Morgan fingerprint density at radius 3 is 2.88 bits per heavy atom. The minimum absolute atomic E-state index is 0. The molecule has 16 heavy (non-hydrogen) atoms. The van der Waals surface area contributed by atoms with Crippen LogP contribution in [0.5, 0.6) is 0 Å². The van der Waals surface area contributed by atoms with E-state index in [-0.39, 0.29) is 36.0 Å². The van der Waals surface area contributed by atoms with Crippen molar-refractivity contribution in [1.29, 1.82) is 0 Å². The predicted molar refractivity (Wildman–Crippen MR) is 60.0 cm³/mol. The van der Waals surface area contributed by atoms with E-state index in [0.29, 0.717) is 5.75 Å². The second-order valence-electron chi connectivity index (χ2n) is 2.92. The minimum Gasteiger partial charge on any atom is -0.550 e. The van der Waals surface area contributed by atoms with Gasteiger partial charge in [-0.15, -0.1) is 11.3 Å². The summed E-state index contributed by atoms with van der Waals surface area (Å²) in [5.74, 6) is -0.495. The third-order valence-corrected chi connectivity index (χ3v) is 3.99. The van der Waals surface area contributed by atoms with Gasteiger partial charge in [0.25, 0.3) is 0 Å². The fourth-order valence-corrected chi connectivity index (χ4v) is 3.19. The maximum absolute atomic E-state index is 10.2. The van der Waals surface area contributed by atoms with Crippen LogP contribution in [0.4, 0.5) is 0 Å². The first-order valence-electron chi connectivity index (χ1n) is 4.44. The summed E-state index contributed by atoms with van der Waals surface area (Å²) in [6.07, 6.45) is 0.0700. The number of aromatic nitrogens is 1. The number of carboxylic acid groups (broad SMARTS) is 1. The number of aliphatic carboxylic acids is 1. The molecule has 0 unspecified atom stereocenters. The van der Waals surface area contributed by atoms with E-state index in [9.17, 15) is 9.90 Å². The summed E-state index contributed by atoms with van der Waals surface area (Å²) in [7, 11) is 0. The summed E-state index contributed by atoms with van der Waals surface area (Å²) in [4.78, 5) is 14.6. The molecule has 3 nitrogen and oxygen atoms in total. The Morgan fingerprint density at radius 1 is 1.44 bits per heavy atom. The molecular weight excluding hydrogens is 253 g/mol. The molecule has 0 amide bonds. The fourth-order valence-electron chi connectivity index (χ4n) is 1.13. The molecule has 1 heterocycles. The molecule has 0 saturated heterocycles. The second-order valence-corrected chi connectivity index (χ2v) is 5.29. The van der Waals surface area contributed by atoms with Crippen molar-refractivity contribution in [1.82, 2.24) is 4.98 Å². The summed E-state index contributed by atoms with van der Waals surface area (Å²) in [5.41, 5.74) is 0.971. The van der Waals surface area contributed by atoms with Crippen LogP contribution < -0.4 is 34.7 Å². The fraction of sp³-hybridized carbons (Fsp3) is 0.200. The summed E-state index contributed by atoms with van der Waals surface area (Å²) >= 11 is 3.05. The third-order valence-electron chi connectivity index (χ3n) is 1.81. The summed E-state index contributed by atoms with van der Waals surface area (Å²) < 4.78 is 2.05.